The molecule has 1 aromatic carbocycles. The van der Waals surface area contributed by atoms with Gasteiger partial charge in [-0.3, -0.25) is 14.0 Å². The standard InChI is InChI=1S/C17H17N5O2/c1-2-18-16(23)13-5-3-4-12(8-13)9-19-17(24)14-6-7-15-21-20-11-22(15)10-14/h3-8,10-11H,2,9H2,1H3,(H,18,23)(H,19,24). The van der Waals surface area contributed by atoms with E-state index in [4.69, 9.17) is 0 Å². The molecule has 0 fully saturated rings. The first-order chi connectivity index (χ1) is 11.7. The van der Waals surface area contributed by atoms with Crippen LogP contribution in [-0.2, 0) is 6.54 Å². The summed E-state index contributed by atoms with van der Waals surface area (Å²) in [5.74, 6) is -0.322. The van der Waals surface area contributed by atoms with Crippen molar-refractivity contribution in [1.29, 1.82) is 0 Å². The van der Waals surface area contributed by atoms with Crippen molar-refractivity contribution in [3.63, 3.8) is 0 Å². The molecule has 7 nitrogen and oxygen atoms in total. The number of hydrogen-bond acceptors (Lipinski definition) is 4. The molecule has 24 heavy (non-hydrogen) atoms. The minimum atomic E-state index is -0.200. The van der Waals surface area contributed by atoms with Crippen molar-refractivity contribution in [2.45, 2.75) is 13.5 Å². The number of carbonyl (C=O) groups excluding carboxylic acids is 2. The highest BCUT2D eigenvalue weighted by atomic mass is 16.2. The summed E-state index contributed by atoms with van der Waals surface area (Å²) in [5, 5.41) is 13.3. The van der Waals surface area contributed by atoms with Crippen LogP contribution >= 0.6 is 0 Å². The number of nitrogens with zero attached hydrogens (tertiary/aromatic N) is 3. The van der Waals surface area contributed by atoms with E-state index in [2.05, 4.69) is 20.8 Å². The second-order valence-electron chi connectivity index (χ2n) is 5.26. The zero-order valence-electron chi connectivity index (χ0n) is 13.2. The lowest BCUT2D eigenvalue weighted by Gasteiger charge is -2.08. The number of amides is 2. The molecule has 0 radical (unpaired) electrons. The fourth-order valence-corrected chi connectivity index (χ4v) is 2.33. The SMILES string of the molecule is CCNC(=O)c1cccc(CNC(=O)c2ccc3nncn3c2)c1. The lowest BCUT2D eigenvalue weighted by molar-refractivity contribution is 0.0946. The van der Waals surface area contributed by atoms with Gasteiger partial charge in [-0.25, -0.2) is 0 Å². The summed E-state index contributed by atoms with van der Waals surface area (Å²) in [7, 11) is 0. The molecule has 0 aliphatic carbocycles. The van der Waals surface area contributed by atoms with Crippen LogP contribution in [0, 0.1) is 0 Å². The number of benzene rings is 1. The van der Waals surface area contributed by atoms with E-state index in [0.29, 0.717) is 29.9 Å². The van der Waals surface area contributed by atoms with Crippen LogP contribution in [0.25, 0.3) is 5.65 Å². The monoisotopic (exact) mass is 323 g/mol. The van der Waals surface area contributed by atoms with Gasteiger partial charge in [0.15, 0.2) is 5.65 Å². The molecular weight excluding hydrogens is 306 g/mol. The predicted molar refractivity (Wildman–Crippen MR) is 88.6 cm³/mol. The lowest BCUT2D eigenvalue weighted by atomic mass is 10.1. The Morgan fingerprint density at radius 2 is 1.92 bits per heavy atom. The Morgan fingerprint density at radius 3 is 2.75 bits per heavy atom. The van der Waals surface area contributed by atoms with E-state index in [1.54, 1.807) is 47.3 Å². The number of hydrogen-bond donors (Lipinski definition) is 2. The summed E-state index contributed by atoms with van der Waals surface area (Å²) in [6.07, 6.45) is 3.22. The fourth-order valence-electron chi connectivity index (χ4n) is 2.33. The van der Waals surface area contributed by atoms with Crippen LogP contribution in [0.2, 0.25) is 0 Å². The molecule has 0 aliphatic heterocycles. The predicted octanol–water partition coefficient (Wildman–Crippen LogP) is 1.41. The second-order valence-corrected chi connectivity index (χ2v) is 5.26. The van der Waals surface area contributed by atoms with Gasteiger partial charge in [0.1, 0.15) is 6.33 Å². The fraction of sp³-hybridized carbons (Fsp3) is 0.176. The van der Waals surface area contributed by atoms with Crippen molar-refractivity contribution >= 4 is 17.5 Å². The van der Waals surface area contributed by atoms with Crippen LogP contribution in [0.5, 0.6) is 0 Å². The minimum absolute atomic E-state index is 0.122. The third kappa shape index (κ3) is 3.40. The first-order valence-electron chi connectivity index (χ1n) is 7.62. The van der Waals surface area contributed by atoms with Crippen molar-refractivity contribution in [3.05, 3.63) is 65.6 Å². The summed E-state index contributed by atoms with van der Waals surface area (Å²) in [6, 6.07) is 10.6. The van der Waals surface area contributed by atoms with Crippen LogP contribution in [0.4, 0.5) is 0 Å². The first kappa shape index (κ1) is 15.7. The molecule has 122 valence electrons. The molecule has 0 bridgehead atoms. The van der Waals surface area contributed by atoms with Crippen molar-refractivity contribution in [2.75, 3.05) is 6.54 Å². The molecule has 0 saturated carbocycles. The summed E-state index contributed by atoms with van der Waals surface area (Å²) >= 11 is 0. The van der Waals surface area contributed by atoms with Gasteiger partial charge >= 0.3 is 0 Å². The van der Waals surface area contributed by atoms with E-state index in [1.807, 2.05) is 13.0 Å². The Kier molecular flexibility index (Phi) is 4.51. The van der Waals surface area contributed by atoms with Crippen LogP contribution < -0.4 is 10.6 Å². The van der Waals surface area contributed by atoms with E-state index < -0.39 is 0 Å². The molecule has 2 heterocycles. The zero-order chi connectivity index (χ0) is 16.9. The molecule has 7 heteroatoms. The topological polar surface area (TPSA) is 88.4 Å². The summed E-state index contributed by atoms with van der Waals surface area (Å²) in [4.78, 5) is 24.1. The van der Waals surface area contributed by atoms with Gasteiger partial charge in [-0.2, -0.15) is 0 Å². The van der Waals surface area contributed by atoms with Crippen molar-refractivity contribution in [1.82, 2.24) is 25.2 Å². The summed E-state index contributed by atoms with van der Waals surface area (Å²) in [6.45, 7) is 2.78. The maximum atomic E-state index is 12.3. The highest BCUT2D eigenvalue weighted by Gasteiger charge is 2.08. The maximum absolute atomic E-state index is 12.3. The number of fused-ring (bicyclic) bond motifs is 1. The van der Waals surface area contributed by atoms with Gasteiger partial charge in [0.2, 0.25) is 0 Å². The largest absolute Gasteiger partial charge is 0.352 e. The normalized spacial score (nSPS) is 10.5. The van der Waals surface area contributed by atoms with E-state index >= 15 is 0 Å². The number of nitrogens with one attached hydrogen (secondary N) is 2. The maximum Gasteiger partial charge on any atom is 0.253 e. The molecule has 2 aromatic heterocycles. The van der Waals surface area contributed by atoms with Gasteiger partial charge < -0.3 is 10.6 Å². The number of aromatic nitrogens is 3. The Balaban J connectivity index is 1.67. The number of rotatable bonds is 5. The smallest absolute Gasteiger partial charge is 0.253 e. The van der Waals surface area contributed by atoms with Gasteiger partial charge in [-0.05, 0) is 36.8 Å². The quantitative estimate of drug-likeness (QED) is 0.743. The average molecular weight is 323 g/mol. The van der Waals surface area contributed by atoms with E-state index in [9.17, 15) is 9.59 Å². The highest BCUT2D eigenvalue weighted by Crippen LogP contribution is 2.07. The van der Waals surface area contributed by atoms with E-state index in [0.717, 1.165) is 5.56 Å². The minimum Gasteiger partial charge on any atom is -0.352 e. The third-order valence-corrected chi connectivity index (χ3v) is 3.53. The Morgan fingerprint density at radius 1 is 1.08 bits per heavy atom. The Labute approximate surface area is 138 Å². The molecule has 0 saturated heterocycles. The number of pyridine rings is 1. The molecule has 2 amide bonds. The van der Waals surface area contributed by atoms with E-state index in [-0.39, 0.29) is 11.8 Å². The molecule has 0 unspecified atom stereocenters. The van der Waals surface area contributed by atoms with Gasteiger partial charge in [0.25, 0.3) is 11.8 Å². The second kappa shape index (κ2) is 6.91. The van der Waals surface area contributed by atoms with Crippen molar-refractivity contribution in [2.24, 2.45) is 0 Å². The summed E-state index contributed by atoms with van der Waals surface area (Å²) < 4.78 is 1.69. The van der Waals surface area contributed by atoms with Crippen LogP contribution in [0.1, 0.15) is 33.2 Å². The van der Waals surface area contributed by atoms with Crippen molar-refractivity contribution < 1.29 is 9.59 Å². The van der Waals surface area contributed by atoms with Gasteiger partial charge in [0.05, 0.1) is 5.56 Å². The average Bonchev–Trinajstić information content (AvgIpc) is 3.08. The van der Waals surface area contributed by atoms with Crippen LogP contribution in [0.3, 0.4) is 0 Å². The number of carbonyl (C=O) groups is 2. The van der Waals surface area contributed by atoms with Crippen molar-refractivity contribution in [3.8, 4) is 0 Å². The molecule has 2 N–H and O–H groups in total. The molecular formula is C17H17N5O2. The molecule has 0 aliphatic rings. The molecule has 0 atom stereocenters. The molecule has 0 spiro atoms. The highest BCUT2D eigenvalue weighted by molar-refractivity contribution is 5.95. The van der Waals surface area contributed by atoms with Gasteiger partial charge in [-0.15, -0.1) is 10.2 Å². The molecule has 3 aromatic rings. The van der Waals surface area contributed by atoms with E-state index in [1.165, 1.54) is 0 Å². The van der Waals surface area contributed by atoms with Gasteiger partial charge in [-0.1, -0.05) is 12.1 Å². The Hall–Kier alpha value is -3.22. The van der Waals surface area contributed by atoms with Crippen LogP contribution in [-0.4, -0.2) is 33.0 Å². The zero-order valence-corrected chi connectivity index (χ0v) is 13.2. The summed E-state index contributed by atoms with van der Waals surface area (Å²) in [5.41, 5.74) is 2.63. The Bertz CT molecular complexity index is 887. The molecule has 3 rings (SSSR count). The third-order valence-electron chi connectivity index (χ3n) is 3.53. The van der Waals surface area contributed by atoms with Gasteiger partial charge in [0, 0.05) is 24.8 Å². The first-order valence-corrected chi connectivity index (χ1v) is 7.62. The lowest BCUT2D eigenvalue weighted by Crippen LogP contribution is -2.24. The van der Waals surface area contributed by atoms with Crippen LogP contribution in [0.15, 0.2) is 48.9 Å².